The van der Waals surface area contributed by atoms with Crippen LogP contribution in [0, 0.1) is 5.92 Å². The predicted molar refractivity (Wildman–Crippen MR) is 48.8 cm³/mol. The maximum absolute atomic E-state index is 11.5. The van der Waals surface area contributed by atoms with Crippen molar-refractivity contribution in [3.63, 3.8) is 0 Å². The first kappa shape index (κ1) is 9.30. The zero-order valence-electron chi connectivity index (χ0n) is 7.82. The minimum Gasteiger partial charge on any atom is -0.465 e. The average molecular weight is 198 g/mol. The van der Waals surface area contributed by atoms with Crippen LogP contribution in [0.25, 0.3) is 0 Å². The van der Waals surface area contributed by atoms with E-state index < -0.39 is 12.1 Å². The molecule has 0 aromatic heterocycles. The van der Waals surface area contributed by atoms with Crippen LogP contribution in [0.3, 0.4) is 0 Å². The van der Waals surface area contributed by atoms with E-state index in [0.717, 1.165) is 19.3 Å². The Morgan fingerprint density at radius 3 is 2.93 bits per heavy atom. The number of fused-ring (bicyclic) bond motifs is 2. The van der Waals surface area contributed by atoms with Gasteiger partial charge in [-0.3, -0.25) is 4.79 Å². The van der Waals surface area contributed by atoms with Gasteiger partial charge in [0.2, 0.25) is 5.91 Å². The van der Waals surface area contributed by atoms with Gasteiger partial charge >= 0.3 is 6.09 Å². The first-order chi connectivity index (χ1) is 6.65. The first-order valence-corrected chi connectivity index (χ1v) is 4.95. The molecular formula is C9H14N2O3. The van der Waals surface area contributed by atoms with E-state index in [-0.39, 0.29) is 11.9 Å². The number of carbonyl (C=O) groups excluding carboxylic acids is 1. The van der Waals surface area contributed by atoms with Crippen molar-refractivity contribution in [3.8, 4) is 0 Å². The van der Waals surface area contributed by atoms with Crippen molar-refractivity contribution in [1.82, 2.24) is 10.6 Å². The summed E-state index contributed by atoms with van der Waals surface area (Å²) in [6.07, 6.45) is 2.67. The van der Waals surface area contributed by atoms with Crippen molar-refractivity contribution < 1.29 is 14.7 Å². The molecule has 3 atom stereocenters. The van der Waals surface area contributed by atoms with Crippen LogP contribution < -0.4 is 10.6 Å². The molecule has 78 valence electrons. The van der Waals surface area contributed by atoms with Gasteiger partial charge in [0.05, 0.1) is 0 Å². The molecule has 5 heteroatoms. The molecule has 3 N–H and O–H groups in total. The lowest BCUT2D eigenvalue weighted by Crippen LogP contribution is -2.47. The molecule has 14 heavy (non-hydrogen) atoms. The number of rotatable bonds is 1. The van der Waals surface area contributed by atoms with Gasteiger partial charge in [0.15, 0.2) is 0 Å². The first-order valence-electron chi connectivity index (χ1n) is 4.95. The van der Waals surface area contributed by atoms with Crippen molar-refractivity contribution in [2.24, 2.45) is 5.92 Å². The summed E-state index contributed by atoms with van der Waals surface area (Å²) in [5.41, 5.74) is 0. The van der Waals surface area contributed by atoms with Gasteiger partial charge in [0, 0.05) is 6.04 Å². The summed E-state index contributed by atoms with van der Waals surface area (Å²) in [5, 5.41) is 13.7. The third kappa shape index (κ3) is 1.81. The van der Waals surface area contributed by atoms with Crippen LogP contribution in [-0.2, 0) is 4.79 Å². The predicted octanol–water partition coefficient (Wildman–Crippen LogP) is 0.311. The van der Waals surface area contributed by atoms with E-state index in [0.29, 0.717) is 12.3 Å². The Bertz CT molecular complexity index is 267. The highest BCUT2D eigenvalue weighted by Crippen LogP contribution is 2.31. The van der Waals surface area contributed by atoms with Gasteiger partial charge in [-0.25, -0.2) is 4.79 Å². The SMILES string of the molecule is O=C(O)N[C@H]1C[C@H]2CC[C@H](C2)NC1=O. The molecule has 2 bridgehead atoms. The van der Waals surface area contributed by atoms with Crippen molar-refractivity contribution in [2.75, 3.05) is 0 Å². The molecule has 1 aliphatic heterocycles. The summed E-state index contributed by atoms with van der Waals surface area (Å²) < 4.78 is 0. The molecule has 0 unspecified atom stereocenters. The van der Waals surface area contributed by atoms with Gasteiger partial charge in [0.1, 0.15) is 6.04 Å². The van der Waals surface area contributed by atoms with E-state index in [4.69, 9.17) is 5.11 Å². The molecule has 2 rings (SSSR count). The zero-order chi connectivity index (χ0) is 10.1. The fourth-order valence-electron chi connectivity index (χ4n) is 2.44. The normalized spacial score (nSPS) is 36.0. The van der Waals surface area contributed by atoms with Crippen LogP contribution in [0.5, 0.6) is 0 Å². The van der Waals surface area contributed by atoms with Crippen molar-refractivity contribution in [2.45, 2.75) is 37.8 Å². The second kappa shape index (κ2) is 3.48. The van der Waals surface area contributed by atoms with Crippen molar-refractivity contribution in [1.29, 1.82) is 0 Å². The standard InChI is InChI=1S/C9H14N2O3/c12-8-7(11-9(13)14)4-5-1-2-6(3-5)10-8/h5-7,11H,1-4H2,(H,10,12)(H,13,14)/t5-,6+,7-/m0/s1. The Morgan fingerprint density at radius 1 is 1.43 bits per heavy atom. The zero-order valence-corrected chi connectivity index (χ0v) is 7.82. The topological polar surface area (TPSA) is 78.4 Å². The Balaban J connectivity index is 2.03. The summed E-state index contributed by atoms with van der Waals surface area (Å²) in [7, 11) is 0. The van der Waals surface area contributed by atoms with Gasteiger partial charge < -0.3 is 15.7 Å². The number of carbonyl (C=O) groups is 2. The maximum atomic E-state index is 11.5. The minimum absolute atomic E-state index is 0.167. The van der Waals surface area contributed by atoms with E-state index in [1.165, 1.54) is 0 Å². The molecular weight excluding hydrogens is 184 g/mol. The van der Waals surface area contributed by atoms with Crippen LogP contribution in [0.1, 0.15) is 25.7 Å². The molecule has 1 heterocycles. The summed E-state index contributed by atoms with van der Waals surface area (Å²) >= 11 is 0. The Labute approximate surface area is 81.9 Å². The molecule has 0 aromatic rings. The summed E-state index contributed by atoms with van der Waals surface area (Å²) in [5.74, 6) is 0.329. The molecule has 1 aliphatic carbocycles. The number of nitrogens with one attached hydrogen (secondary N) is 2. The lowest BCUT2D eigenvalue weighted by Gasteiger charge is -2.18. The minimum atomic E-state index is -1.12. The van der Waals surface area contributed by atoms with E-state index in [2.05, 4.69) is 10.6 Å². The van der Waals surface area contributed by atoms with Gasteiger partial charge in [-0.1, -0.05) is 0 Å². The number of hydrogen-bond acceptors (Lipinski definition) is 2. The van der Waals surface area contributed by atoms with E-state index >= 15 is 0 Å². The van der Waals surface area contributed by atoms with Crippen molar-refractivity contribution >= 4 is 12.0 Å². The van der Waals surface area contributed by atoms with Crippen LogP contribution in [0.15, 0.2) is 0 Å². The molecule has 1 saturated heterocycles. The van der Waals surface area contributed by atoms with E-state index in [1.54, 1.807) is 0 Å². The van der Waals surface area contributed by atoms with Crippen molar-refractivity contribution in [3.05, 3.63) is 0 Å². The molecule has 1 saturated carbocycles. The number of carboxylic acid groups (broad SMARTS) is 1. The summed E-state index contributed by atoms with van der Waals surface area (Å²) in [6.45, 7) is 0. The molecule has 2 fully saturated rings. The van der Waals surface area contributed by atoms with Gasteiger partial charge in [-0.15, -0.1) is 0 Å². The number of amides is 2. The summed E-state index contributed by atoms with van der Waals surface area (Å²) in [6, 6.07) is -0.282. The summed E-state index contributed by atoms with van der Waals surface area (Å²) in [4.78, 5) is 21.9. The second-order valence-corrected chi connectivity index (χ2v) is 4.12. The molecule has 5 nitrogen and oxygen atoms in total. The van der Waals surface area contributed by atoms with E-state index in [9.17, 15) is 9.59 Å². The third-order valence-electron chi connectivity index (χ3n) is 3.07. The Kier molecular flexibility index (Phi) is 2.31. The molecule has 0 spiro atoms. The fraction of sp³-hybridized carbons (Fsp3) is 0.778. The lowest BCUT2D eigenvalue weighted by atomic mass is 9.99. The van der Waals surface area contributed by atoms with Crippen LogP contribution >= 0.6 is 0 Å². The van der Waals surface area contributed by atoms with Gasteiger partial charge in [-0.05, 0) is 31.6 Å². The Hall–Kier alpha value is -1.26. The van der Waals surface area contributed by atoms with E-state index in [1.807, 2.05) is 0 Å². The average Bonchev–Trinajstić information content (AvgIpc) is 2.43. The van der Waals surface area contributed by atoms with Crippen LogP contribution in [-0.4, -0.2) is 29.2 Å². The highest BCUT2D eigenvalue weighted by Gasteiger charge is 2.35. The third-order valence-corrected chi connectivity index (χ3v) is 3.07. The smallest absolute Gasteiger partial charge is 0.405 e. The fourth-order valence-corrected chi connectivity index (χ4v) is 2.44. The highest BCUT2D eigenvalue weighted by atomic mass is 16.4. The lowest BCUT2D eigenvalue weighted by molar-refractivity contribution is -0.123. The maximum Gasteiger partial charge on any atom is 0.405 e. The largest absolute Gasteiger partial charge is 0.465 e. The molecule has 2 amide bonds. The van der Waals surface area contributed by atoms with Crippen LogP contribution in [0.4, 0.5) is 4.79 Å². The highest BCUT2D eigenvalue weighted by molar-refractivity contribution is 5.85. The van der Waals surface area contributed by atoms with Gasteiger partial charge in [0.25, 0.3) is 0 Å². The molecule has 0 aromatic carbocycles. The van der Waals surface area contributed by atoms with Gasteiger partial charge in [-0.2, -0.15) is 0 Å². The van der Waals surface area contributed by atoms with Crippen LogP contribution in [0.2, 0.25) is 0 Å². The monoisotopic (exact) mass is 198 g/mol. The molecule has 2 aliphatic rings. The quantitative estimate of drug-likeness (QED) is 0.567. The molecule has 0 radical (unpaired) electrons. The second-order valence-electron chi connectivity index (χ2n) is 4.12. The number of hydrogen-bond donors (Lipinski definition) is 3. The Morgan fingerprint density at radius 2 is 2.21 bits per heavy atom.